The molecule has 0 aliphatic rings. The van der Waals surface area contributed by atoms with Crippen LogP contribution in [0.4, 0.5) is 8.78 Å². The summed E-state index contributed by atoms with van der Waals surface area (Å²) >= 11 is 0. The molecule has 0 heterocycles. The van der Waals surface area contributed by atoms with Crippen molar-refractivity contribution in [1.82, 2.24) is 0 Å². The first-order chi connectivity index (χ1) is 9.04. The highest BCUT2D eigenvalue weighted by atomic mass is 19.1. The van der Waals surface area contributed by atoms with Crippen LogP contribution in [0.5, 0.6) is 0 Å². The van der Waals surface area contributed by atoms with Crippen LogP contribution in [0.25, 0.3) is 11.1 Å². The standard InChI is InChI=1S/C15H12F2O2/c16-13-7-12(8-14(17)9-13)11-3-1-2-10(6-11)4-5-15(18)19/h1-3,6-9H,4-5H2,(H,18,19). The molecule has 0 aliphatic carbocycles. The molecule has 2 aromatic rings. The highest BCUT2D eigenvalue weighted by molar-refractivity contribution is 5.68. The number of carboxylic acid groups (broad SMARTS) is 1. The third-order valence-electron chi connectivity index (χ3n) is 2.75. The van der Waals surface area contributed by atoms with Gasteiger partial charge in [-0.05, 0) is 35.2 Å². The zero-order valence-corrected chi connectivity index (χ0v) is 10.1. The first-order valence-electron chi connectivity index (χ1n) is 5.82. The first-order valence-corrected chi connectivity index (χ1v) is 5.82. The minimum Gasteiger partial charge on any atom is -0.481 e. The van der Waals surface area contributed by atoms with E-state index >= 15 is 0 Å². The van der Waals surface area contributed by atoms with Gasteiger partial charge in [0.05, 0.1) is 0 Å². The number of carbonyl (C=O) groups is 1. The van der Waals surface area contributed by atoms with Gasteiger partial charge in [-0.3, -0.25) is 4.79 Å². The molecular weight excluding hydrogens is 250 g/mol. The number of halogens is 2. The van der Waals surface area contributed by atoms with Crippen molar-refractivity contribution in [2.45, 2.75) is 12.8 Å². The SMILES string of the molecule is O=C(O)CCc1cccc(-c2cc(F)cc(F)c2)c1. The molecule has 98 valence electrons. The molecule has 1 N–H and O–H groups in total. The number of hydrogen-bond acceptors (Lipinski definition) is 1. The van der Waals surface area contributed by atoms with E-state index in [1.54, 1.807) is 24.3 Å². The molecule has 0 atom stereocenters. The van der Waals surface area contributed by atoms with Gasteiger partial charge < -0.3 is 5.11 Å². The van der Waals surface area contributed by atoms with Gasteiger partial charge in [-0.2, -0.15) is 0 Å². The van der Waals surface area contributed by atoms with E-state index in [0.29, 0.717) is 17.5 Å². The molecule has 4 heteroatoms. The normalized spacial score (nSPS) is 10.4. The van der Waals surface area contributed by atoms with Gasteiger partial charge in [-0.1, -0.05) is 24.3 Å². The summed E-state index contributed by atoms with van der Waals surface area (Å²) in [6.45, 7) is 0. The van der Waals surface area contributed by atoms with Crippen molar-refractivity contribution >= 4 is 5.97 Å². The predicted molar refractivity (Wildman–Crippen MR) is 67.8 cm³/mol. The smallest absolute Gasteiger partial charge is 0.303 e. The highest BCUT2D eigenvalue weighted by Crippen LogP contribution is 2.23. The first kappa shape index (κ1) is 13.2. The minimum absolute atomic E-state index is 0.0287. The van der Waals surface area contributed by atoms with Gasteiger partial charge in [0.1, 0.15) is 11.6 Å². The maximum Gasteiger partial charge on any atom is 0.303 e. The quantitative estimate of drug-likeness (QED) is 0.913. The molecule has 0 amide bonds. The van der Waals surface area contributed by atoms with Crippen molar-refractivity contribution in [3.8, 4) is 11.1 Å². The average molecular weight is 262 g/mol. The lowest BCUT2D eigenvalue weighted by Gasteiger charge is -2.05. The predicted octanol–water partition coefficient (Wildman–Crippen LogP) is 3.65. The lowest BCUT2D eigenvalue weighted by molar-refractivity contribution is -0.136. The van der Waals surface area contributed by atoms with Crippen molar-refractivity contribution in [2.75, 3.05) is 0 Å². The lowest BCUT2D eigenvalue weighted by Crippen LogP contribution is -1.97. The molecule has 2 aromatic carbocycles. The fraction of sp³-hybridized carbons (Fsp3) is 0.133. The van der Waals surface area contributed by atoms with Gasteiger partial charge in [0, 0.05) is 12.5 Å². The Bertz CT molecular complexity index is 589. The Balaban J connectivity index is 2.29. The Kier molecular flexibility index (Phi) is 3.90. The van der Waals surface area contributed by atoms with Crippen molar-refractivity contribution in [1.29, 1.82) is 0 Å². The zero-order chi connectivity index (χ0) is 13.8. The van der Waals surface area contributed by atoms with Crippen LogP contribution in [0, 0.1) is 11.6 Å². The Morgan fingerprint density at radius 1 is 1.00 bits per heavy atom. The van der Waals surface area contributed by atoms with Gasteiger partial charge in [-0.15, -0.1) is 0 Å². The van der Waals surface area contributed by atoms with E-state index in [2.05, 4.69) is 0 Å². The van der Waals surface area contributed by atoms with Crippen molar-refractivity contribution in [3.63, 3.8) is 0 Å². The number of benzene rings is 2. The third-order valence-corrected chi connectivity index (χ3v) is 2.75. The molecule has 0 radical (unpaired) electrons. The number of carboxylic acids is 1. The Morgan fingerprint density at radius 2 is 1.68 bits per heavy atom. The topological polar surface area (TPSA) is 37.3 Å². The van der Waals surface area contributed by atoms with Crippen LogP contribution in [-0.2, 0) is 11.2 Å². The van der Waals surface area contributed by atoms with E-state index in [4.69, 9.17) is 5.11 Å². The van der Waals surface area contributed by atoms with E-state index in [0.717, 1.165) is 11.6 Å². The third kappa shape index (κ3) is 3.61. The van der Waals surface area contributed by atoms with Crippen molar-refractivity contribution in [3.05, 3.63) is 59.7 Å². The van der Waals surface area contributed by atoms with E-state index in [1.807, 2.05) is 0 Å². The van der Waals surface area contributed by atoms with Crippen molar-refractivity contribution < 1.29 is 18.7 Å². The van der Waals surface area contributed by atoms with E-state index in [1.165, 1.54) is 12.1 Å². The zero-order valence-electron chi connectivity index (χ0n) is 10.1. The maximum absolute atomic E-state index is 13.2. The molecule has 0 bridgehead atoms. The largest absolute Gasteiger partial charge is 0.481 e. The number of hydrogen-bond donors (Lipinski definition) is 1. The highest BCUT2D eigenvalue weighted by Gasteiger charge is 2.05. The van der Waals surface area contributed by atoms with Crippen molar-refractivity contribution in [2.24, 2.45) is 0 Å². The number of rotatable bonds is 4. The lowest BCUT2D eigenvalue weighted by atomic mass is 10.0. The summed E-state index contributed by atoms with van der Waals surface area (Å²) in [6.07, 6.45) is 0.419. The van der Waals surface area contributed by atoms with Crippen LogP contribution in [-0.4, -0.2) is 11.1 Å². The van der Waals surface area contributed by atoms with Crippen LogP contribution in [0.3, 0.4) is 0 Å². The number of aliphatic carboxylic acids is 1. The van der Waals surface area contributed by atoms with Crippen LogP contribution >= 0.6 is 0 Å². The molecule has 0 aliphatic heterocycles. The fourth-order valence-corrected chi connectivity index (χ4v) is 1.88. The van der Waals surface area contributed by atoms with Crippen LogP contribution < -0.4 is 0 Å². The summed E-state index contributed by atoms with van der Waals surface area (Å²) in [6, 6.07) is 10.3. The molecule has 0 unspecified atom stereocenters. The Labute approximate surface area is 109 Å². The van der Waals surface area contributed by atoms with Gasteiger partial charge >= 0.3 is 5.97 Å². The van der Waals surface area contributed by atoms with Gasteiger partial charge in [0.25, 0.3) is 0 Å². The second-order valence-corrected chi connectivity index (χ2v) is 4.25. The monoisotopic (exact) mass is 262 g/mol. The molecule has 0 saturated heterocycles. The second-order valence-electron chi connectivity index (χ2n) is 4.25. The molecule has 2 nitrogen and oxygen atoms in total. The second kappa shape index (κ2) is 5.61. The maximum atomic E-state index is 13.2. The van der Waals surface area contributed by atoms with E-state index in [9.17, 15) is 13.6 Å². The van der Waals surface area contributed by atoms with Gasteiger partial charge in [0.2, 0.25) is 0 Å². The Morgan fingerprint density at radius 3 is 2.32 bits per heavy atom. The molecule has 0 spiro atoms. The summed E-state index contributed by atoms with van der Waals surface area (Å²) < 4.78 is 26.3. The average Bonchev–Trinajstić information content (AvgIpc) is 2.35. The summed E-state index contributed by atoms with van der Waals surface area (Å²) in [5.74, 6) is -2.14. The molecule has 0 saturated carbocycles. The van der Waals surface area contributed by atoms with Crippen LogP contribution in [0.15, 0.2) is 42.5 Å². The number of aryl methyl sites for hydroxylation is 1. The van der Waals surface area contributed by atoms with E-state index in [-0.39, 0.29) is 6.42 Å². The molecule has 0 fully saturated rings. The van der Waals surface area contributed by atoms with Gasteiger partial charge in [-0.25, -0.2) is 8.78 Å². The summed E-state index contributed by atoms with van der Waals surface area (Å²) in [7, 11) is 0. The summed E-state index contributed by atoms with van der Waals surface area (Å²) in [5, 5.41) is 8.63. The van der Waals surface area contributed by atoms with Crippen LogP contribution in [0.1, 0.15) is 12.0 Å². The minimum atomic E-state index is -0.873. The fourth-order valence-electron chi connectivity index (χ4n) is 1.88. The Hall–Kier alpha value is -2.23. The molecule has 2 rings (SSSR count). The van der Waals surface area contributed by atoms with Gasteiger partial charge in [0.15, 0.2) is 0 Å². The van der Waals surface area contributed by atoms with E-state index < -0.39 is 17.6 Å². The summed E-state index contributed by atoms with van der Waals surface area (Å²) in [4.78, 5) is 10.5. The van der Waals surface area contributed by atoms with Crippen LogP contribution in [0.2, 0.25) is 0 Å². The molecule has 0 aromatic heterocycles. The summed E-state index contributed by atoms with van der Waals surface area (Å²) in [5.41, 5.74) is 1.93. The molecular formula is C15H12F2O2. The molecule has 19 heavy (non-hydrogen) atoms.